The summed E-state index contributed by atoms with van der Waals surface area (Å²) in [6, 6.07) is 11.3. The van der Waals surface area contributed by atoms with E-state index in [1.165, 1.54) is 14.0 Å². The van der Waals surface area contributed by atoms with Gasteiger partial charge in [-0.1, -0.05) is 13.3 Å². The highest BCUT2D eigenvalue weighted by atomic mass is 16.5. The van der Waals surface area contributed by atoms with Crippen molar-refractivity contribution in [2.24, 2.45) is 0 Å². The normalized spacial score (nSPS) is 10.1. The maximum atomic E-state index is 12.3. The molecule has 0 radical (unpaired) electrons. The minimum Gasteiger partial charge on any atom is -0.495 e. The summed E-state index contributed by atoms with van der Waals surface area (Å²) in [4.78, 5) is 35.4. The van der Waals surface area contributed by atoms with Crippen molar-refractivity contribution in [1.82, 2.24) is 0 Å². The fourth-order valence-corrected chi connectivity index (χ4v) is 2.50. The molecule has 0 saturated heterocycles. The topological polar surface area (TPSA) is 103 Å². The van der Waals surface area contributed by atoms with Crippen molar-refractivity contribution >= 4 is 29.2 Å². The van der Waals surface area contributed by atoms with Gasteiger partial charge in [0.25, 0.3) is 5.91 Å². The fourth-order valence-electron chi connectivity index (χ4n) is 2.50. The number of ether oxygens (including phenoxy) is 3. The maximum absolute atomic E-state index is 12.3. The number of amides is 2. The molecule has 0 saturated carbocycles. The van der Waals surface area contributed by atoms with Crippen LogP contribution in [0.1, 0.15) is 37.0 Å². The molecule has 0 aliphatic carbocycles. The molecule has 0 fully saturated rings. The lowest BCUT2D eigenvalue weighted by atomic mass is 10.2. The second-order valence-electron chi connectivity index (χ2n) is 6.45. The number of hydrogen-bond donors (Lipinski definition) is 2. The molecule has 2 aromatic rings. The monoisotopic (exact) mass is 414 g/mol. The van der Waals surface area contributed by atoms with Gasteiger partial charge < -0.3 is 24.8 Å². The van der Waals surface area contributed by atoms with Crippen molar-refractivity contribution in [2.45, 2.75) is 26.7 Å². The molecular weight excluding hydrogens is 388 g/mol. The third kappa shape index (κ3) is 7.12. The Kier molecular flexibility index (Phi) is 8.68. The molecule has 8 heteroatoms. The van der Waals surface area contributed by atoms with Crippen molar-refractivity contribution in [3.8, 4) is 11.5 Å². The van der Waals surface area contributed by atoms with Crippen LogP contribution in [0.3, 0.4) is 0 Å². The molecular formula is C22H26N2O6. The number of unbranched alkanes of at least 4 members (excludes halogenated alkanes) is 1. The van der Waals surface area contributed by atoms with Crippen molar-refractivity contribution in [2.75, 3.05) is 31.0 Å². The molecule has 0 atom stereocenters. The summed E-state index contributed by atoms with van der Waals surface area (Å²) in [5, 5.41) is 5.33. The first-order valence-electron chi connectivity index (χ1n) is 9.58. The molecule has 8 nitrogen and oxygen atoms in total. The molecule has 2 N–H and O–H groups in total. The lowest BCUT2D eigenvalue weighted by Crippen LogP contribution is -2.20. The van der Waals surface area contributed by atoms with Crippen LogP contribution in [0.5, 0.6) is 11.5 Å². The largest absolute Gasteiger partial charge is 0.495 e. The number of carbonyl (C=O) groups excluding carboxylic acids is 3. The van der Waals surface area contributed by atoms with E-state index in [0.29, 0.717) is 35.0 Å². The highest BCUT2D eigenvalue weighted by Gasteiger charge is 2.11. The number of anilines is 2. The molecule has 0 bridgehead atoms. The van der Waals surface area contributed by atoms with Crippen LogP contribution >= 0.6 is 0 Å². The molecule has 30 heavy (non-hydrogen) atoms. The zero-order valence-electron chi connectivity index (χ0n) is 17.3. The summed E-state index contributed by atoms with van der Waals surface area (Å²) >= 11 is 0. The third-order valence-electron chi connectivity index (χ3n) is 3.98. The summed E-state index contributed by atoms with van der Waals surface area (Å²) in [7, 11) is 1.48. The number of esters is 1. The third-order valence-corrected chi connectivity index (χ3v) is 3.98. The molecule has 2 rings (SSSR count). The predicted octanol–water partition coefficient (Wildman–Crippen LogP) is 3.63. The van der Waals surface area contributed by atoms with Gasteiger partial charge in [-0.3, -0.25) is 9.59 Å². The molecule has 0 unspecified atom stereocenters. The Balaban J connectivity index is 1.91. The number of nitrogens with one attached hydrogen (secondary N) is 2. The summed E-state index contributed by atoms with van der Waals surface area (Å²) in [5.74, 6) is -0.133. The number of carbonyl (C=O) groups is 3. The van der Waals surface area contributed by atoms with Gasteiger partial charge >= 0.3 is 5.97 Å². The average Bonchev–Trinajstić information content (AvgIpc) is 2.72. The van der Waals surface area contributed by atoms with E-state index in [4.69, 9.17) is 14.2 Å². The molecule has 160 valence electrons. The van der Waals surface area contributed by atoms with Gasteiger partial charge in [-0.05, 0) is 48.9 Å². The predicted molar refractivity (Wildman–Crippen MR) is 113 cm³/mol. The first kappa shape index (κ1) is 22.7. The van der Waals surface area contributed by atoms with Gasteiger partial charge in [-0.25, -0.2) is 4.79 Å². The van der Waals surface area contributed by atoms with Crippen molar-refractivity contribution in [3.05, 3.63) is 48.0 Å². The van der Waals surface area contributed by atoms with Gasteiger partial charge in [0.05, 0.1) is 25.0 Å². The van der Waals surface area contributed by atoms with E-state index < -0.39 is 5.91 Å². The van der Waals surface area contributed by atoms with E-state index in [-0.39, 0.29) is 18.5 Å². The van der Waals surface area contributed by atoms with Crippen molar-refractivity contribution < 1.29 is 28.6 Å². The smallest absolute Gasteiger partial charge is 0.338 e. The van der Waals surface area contributed by atoms with Crippen LogP contribution < -0.4 is 20.1 Å². The van der Waals surface area contributed by atoms with E-state index in [9.17, 15) is 14.4 Å². The number of rotatable bonds is 10. The van der Waals surface area contributed by atoms with Crippen LogP contribution in [0.4, 0.5) is 11.4 Å². The molecule has 0 spiro atoms. The second kappa shape index (κ2) is 11.5. The van der Waals surface area contributed by atoms with Gasteiger partial charge in [0, 0.05) is 12.6 Å². The number of hydrogen-bond acceptors (Lipinski definition) is 6. The highest BCUT2D eigenvalue weighted by Crippen LogP contribution is 2.28. The van der Waals surface area contributed by atoms with Gasteiger partial charge in [0.15, 0.2) is 6.61 Å². The lowest BCUT2D eigenvalue weighted by Gasteiger charge is -2.13. The first-order chi connectivity index (χ1) is 14.4. The van der Waals surface area contributed by atoms with Crippen LogP contribution in [-0.4, -0.2) is 38.1 Å². The quantitative estimate of drug-likeness (QED) is 0.455. The highest BCUT2D eigenvalue weighted by molar-refractivity contribution is 5.95. The fraction of sp³-hybridized carbons (Fsp3) is 0.318. The molecule has 0 aliphatic heterocycles. The SMILES string of the molecule is CCCCOC(=O)c1ccc(OCC(=O)Nc2cc(NC(C)=O)ccc2OC)cc1. The van der Waals surface area contributed by atoms with Crippen LogP contribution in [0, 0.1) is 0 Å². The Hall–Kier alpha value is -3.55. The van der Waals surface area contributed by atoms with Crippen molar-refractivity contribution in [3.63, 3.8) is 0 Å². The van der Waals surface area contributed by atoms with E-state index >= 15 is 0 Å². The maximum Gasteiger partial charge on any atom is 0.338 e. The van der Waals surface area contributed by atoms with E-state index in [2.05, 4.69) is 10.6 Å². The molecule has 2 aromatic carbocycles. The number of methoxy groups -OCH3 is 1. The van der Waals surface area contributed by atoms with Gasteiger partial charge in [0.2, 0.25) is 5.91 Å². The van der Waals surface area contributed by atoms with E-state index in [1.807, 2.05) is 6.92 Å². The molecule has 0 aromatic heterocycles. The minimum absolute atomic E-state index is 0.224. The Labute approximate surface area is 175 Å². The van der Waals surface area contributed by atoms with Crippen molar-refractivity contribution in [1.29, 1.82) is 0 Å². The van der Waals surface area contributed by atoms with E-state index in [1.54, 1.807) is 42.5 Å². The Morgan fingerprint density at radius 1 is 1.00 bits per heavy atom. The molecule has 0 heterocycles. The average molecular weight is 414 g/mol. The van der Waals surface area contributed by atoms with Gasteiger partial charge in [0.1, 0.15) is 11.5 Å². The summed E-state index contributed by atoms with van der Waals surface area (Å²) in [6.07, 6.45) is 1.77. The lowest BCUT2D eigenvalue weighted by molar-refractivity contribution is -0.118. The van der Waals surface area contributed by atoms with Gasteiger partial charge in [-0.2, -0.15) is 0 Å². The Bertz CT molecular complexity index is 880. The number of benzene rings is 2. The molecule has 2 amide bonds. The summed E-state index contributed by atoms with van der Waals surface area (Å²) in [6.45, 7) is 3.56. The van der Waals surface area contributed by atoms with Gasteiger partial charge in [-0.15, -0.1) is 0 Å². The van der Waals surface area contributed by atoms with Crippen LogP contribution in [0.15, 0.2) is 42.5 Å². The molecule has 0 aliphatic rings. The standard InChI is InChI=1S/C22H26N2O6/c1-4-5-12-29-22(27)16-6-9-18(10-7-16)30-14-21(26)24-19-13-17(23-15(2)25)8-11-20(19)28-3/h6-11,13H,4-5,12,14H2,1-3H3,(H,23,25)(H,24,26). The second-order valence-corrected chi connectivity index (χ2v) is 6.45. The zero-order valence-corrected chi connectivity index (χ0v) is 17.3. The van der Waals surface area contributed by atoms with Crippen LogP contribution in [0.2, 0.25) is 0 Å². The summed E-state index contributed by atoms with van der Waals surface area (Å²) < 4.78 is 15.8. The summed E-state index contributed by atoms with van der Waals surface area (Å²) in [5.41, 5.74) is 1.35. The minimum atomic E-state index is -0.406. The van der Waals surface area contributed by atoms with E-state index in [0.717, 1.165) is 12.8 Å². The van der Waals surface area contributed by atoms with Crippen LogP contribution in [0.25, 0.3) is 0 Å². The Morgan fingerprint density at radius 2 is 1.73 bits per heavy atom. The first-order valence-corrected chi connectivity index (χ1v) is 9.58. The van der Waals surface area contributed by atoms with Crippen LogP contribution in [-0.2, 0) is 14.3 Å². The zero-order chi connectivity index (χ0) is 21.9. The Morgan fingerprint density at radius 3 is 2.37 bits per heavy atom.